The summed E-state index contributed by atoms with van der Waals surface area (Å²) in [6.07, 6.45) is 6.94. The molecule has 0 spiro atoms. The van der Waals surface area contributed by atoms with Gasteiger partial charge in [-0.1, -0.05) is 37.1 Å². The van der Waals surface area contributed by atoms with Crippen LogP contribution in [0, 0.1) is 5.92 Å². The van der Waals surface area contributed by atoms with Gasteiger partial charge >= 0.3 is 0 Å². The van der Waals surface area contributed by atoms with Gasteiger partial charge in [-0.15, -0.1) is 0 Å². The van der Waals surface area contributed by atoms with Crippen molar-refractivity contribution in [3.05, 3.63) is 23.3 Å². The van der Waals surface area contributed by atoms with E-state index < -0.39 is 0 Å². The largest absolute Gasteiger partial charge is 0.0885 e. The fraction of sp³-hybridized carbons (Fsp3) is 0.667. The molecule has 0 aromatic carbocycles. The minimum Gasteiger partial charge on any atom is -0.0885 e. The molecule has 12 heavy (non-hydrogen) atoms. The van der Waals surface area contributed by atoms with Crippen molar-refractivity contribution in [1.82, 2.24) is 0 Å². The maximum Gasteiger partial charge on any atom is -0.0200 e. The van der Waals surface area contributed by atoms with E-state index in [9.17, 15) is 0 Å². The van der Waals surface area contributed by atoms with Crippen LogP contribution in [0.5, 0.6) is 0 Å². The molecule has 0 aromatic rings. The SMILES string of the molecule is C/C=C(\C)C(C)C/C=C(\C)CC. The van der Waals surface area contributed by atoms with Gasteiger partial charge in [-0.05, 0) is 39.5 Å². The molecule has 0 bridgehead atoms. The molecule has 0 radical (unpaired) electrons. The summed E-state index contributed by atoms with van der Waals surface area (Å²) in [6, 6.07) is 0. The Labute approximate surface area is 77.4 Å². The third-order valence-electron chi connectivity index (χ3n) is 2.61. The van der Waals surface area contributed by atoms with Gasteiger partial charge in [0, 0.05) is 0 Å². The van der Waals surface area contributed by atoms with Crippen molar-refractivity contribution in [2.45, 2.75) is 47.5 Å². The van der Waals surface area contributed by atoms with Gasteiger partial charge in [-0.2, -0.15) is 0 Å². The van der Waals surface area contributed by atoms with Crippen molar-refractivity contribution in [2.75, 3.05) is 0 Å². The predicted octanol–water partition coefficient (Wildman–Crippen LogP) is 4.34. The molecule has 0 aliphatic rings. The molecule has 0 aliphatic heterocycles. The zero-order valence-corrected chi connectivity index (χ0v) is 9.15. The van der Waals surface area contributed by atoms with Crippen LogP contribution >= 0.6 is 0 Å². The minimum absolute atomic E-state index is 0.705. The van der Waals surface area contributed by atoms with Crippen LogP contribution in [0.15, 0.2) is 23.3 Å². The maximum absolute atomic E-state index is 2.36. The van der Waals surface area contributed by atoms with E-state index in [2.05, 4.69) is 46.8 Å². The molecule has 0 saturated carbocycles. The van der Waals surface area contributed by atoms with Crippen molar-refractivity contribution in [3.8, 4) is 0 Å². The van der Waals surface area contributed by atoms with Crippen LogP contribution in [-0.4, -0.2) is 0 Å². The van der Waals surface area contributed by atoms with E-state index >= 15 is 0 Å². The van der Waals surface area contributed by atoms with Gasteiger partial charge in [0.05, 0.1) is 0 Å². The molecule has 0 saturated heterocycles. The monoisotopic (exact) mass is 166 g/mol. The summed E-state index contributed by atoms with van der Waals surface area (Å²) in [6.45, 7) is 11.0. The van der Waals surface area contributed by atoms with E-state index in [1.807, 2.05) is 0 Å². The Kier molecular flexibility index (Phi) is 5.79. The highest BCUT2D eigenvalue weighted by Gasteiger charge is 2.00. The van der Waals surface area contributed by atoms with E-state index in [1.54, 1.807) is 0 Å². The molecule has 0 heteroatoms. The Balaban J connectivity index is 3.94. The topological polar surface area (TPSA) is 0 Å². The number of rotatable bonds is 4. The Morgan fingerprint density at radius 1 is 1.33 bits per heavy atom. The Morgan fingerprint density at radius 2 is 1.92 bits per heavy atom. The lowest BCUT2D eigenvalue weighted by molar-refractivity contribution is 0.689. The van der Waals surface area contributed by atoms with Crippen LogP contribution < -0.4 is 0 Å². The highest BCUT2D eigenvalue weighted by Crippen LogP contribution is 2.15. The first kappa shape index (κ1) is 11.5. The third kappa shape index (κ3) is 4.38. The number of hydrogen-bond acceptors (Lipinski definition) is 0. The zero-order chi connectivity index (χ0) is 9.56. The molecule has 0 N–H and O–H groups in total. The normalized spacial score (nSPS) is 16.4. The van der Waals surface area contributed by atoms with Gasteiger partial charge in [0.1, 0.15) is 0 Å². The summed E-state index contributed by atoms with van der Waals surface area (Å²) < 4.78 is 0. The van der Waals surface area contributed by atoms with Gasteiger partial charge in [0.2, 0.25) is 0 Å². The quantitative estimate of drug-likeness (QED) is 0.545. The highest BCUT2D eigenvalue weighted by molar-refractivity contribution is 5.05. The lowest BCUT2D eigenvalue weighted by Gasteiger charge is -2.09. The first-order chi connectivity index (χ1) is 5.61. The summed E-state index contributed by atoms with van der Waals surface area (Å²) in [5.41, 5.74) is 3.00. The number of hydrogen-bond donors (Lipinski definition) is 0. The van der Waals surface area contributed by atoms with Crippen LogP contribution in [0.4, 0.5) is 0 Å². The summed E-state index contributed by atoms with van der Waals surface area (Å²) >= 11 is 0. The molecule has 0 rings (SSSR count). The van der Waals surface area contributed by atoms with Gasteiger partial charge in [-0.25, -0.2) is 0 Å². The molecule has 0 aromatic heterocycles. The van der Waals surface area contributed by atoms with Crippen molar-refractivity contribution >= 4 is 0 Å². The Bertz CT molecular complexity index is 172. The zero-order valence-electron chi connectivity index (χ0n) is 9.15. The second-order valence-electron chi connectivity index (χ2n) is 3.57. The summed E-state index contributed by atoms with van der Waals surface area (Å²) in [4.78, 5) is 0. The first-order valence-corrected chi connectivity index (χ1v) is 4.90. The van der Waals surface area contributed by atoms with Crippen LogP contribution in [0.25, 0.3) is 0 Å². The summed E-state index contributed by atoms with van der Waals surface area (Å²) in [5.74, 6) is 0.705. The molecule has 0 amide bonds. The Hall–Kier alpha value is -0.520. The minimum atomic E-state index is 0.705. The average molecular weight is 166 g/mol. The van der Waals surface area contributed by atoms with Crippen molar-refractivity contribution in [2.24, 2.45) is 5.92 Å². The molecule has 1 atom stereocenters. The molecule has 0 fully saturated rings. The smallest absolute Gasteiger partial charge is 0.0200 e. The van der Waals surface area contributed by atoms with E-state index in [0.717, 1.165) is 0 Å². The van der Waals surface area contributed by atoms with Crippen molar-refractivity contribution < 1.29 is 0 Å². The van der Waals surface area contributed by atoms with E-state index in [1.165, 1.54) is 24.0 Å². The summed E-state index contributed by atoms with van der Waals surface area (Å²) in [5, 5.41) is 0. The highest BCUT2D eigenvalue weighted by atomic mass is 14.1. The van der Waals surface area contributed by atoms with Gasteiger partial charge in [-0.3, -0.25) is 0 Å². The fourth-order valence-corrected chi connectivity index (χ4v) is 0.993. The van der Waals surface area contributed by atoms with E-state index in [0.29, 0.717) is 5.92 Å². The third-order valence-corrected chi connectivity index (χ3v) is 2.61. The molecule has 0 aliphatic carbocycles. The lowest BCUT2D eigenvalue weighted by atomic mass is 9.97. The van der Waals surface area contributed by atoms with Crippen LogP contribution in [0.3, 0.4) is 0 Å². The second-order valence-corrected chi connectivity index (χ2v) is 3.57. The van der Waals surface area contributed by atoms with E-state index in [4.69, 9.17) is 0 Å². The molecular formula is C12H22. The van der Waals surface area contributed by atoms with Gasteiger partial charge in [0.25, 0.3) is 0 Å². The molecule has 0 heterocycles. The fourth-order valence-electron chi connectivity index (χ4n) is 0.993. The predicted molar refractivity (Wildman–Crippen MR) is 57.3 cm³/mol. The van der Waals surface area contributed by atoms with Gasteiger partial charge < -0.3 is 0 Å². The van der Waals surface area contributed by atoms with Gasteiger partial charge in [0.15, 0.2) is 0 Å². The molecular weight excluding hydrogens is 144 g/mol. The second kappa shape index (κ2) is 6.05. The van der Waals surface area contributed by atoms with E-state index in [-0.39, 0.29) is 0 Å². The Morgan fingerprint density at radius 3 is 2.33 bits per heavy atom. The standard InChI is InChI=1S/C12H22/c1-6-10(3)8-9-12(5)11(4)7-2/h7-8,12H,6,9H2,1-5H3/b10-8+,11-7+. The van der Waals surface area contributed by atoms with Crippen molar-refractivity contribution in [1.29, 1.82) is 0 Å². The first-order valence-electron chi connectivity index (χ1n) is 4.90. The summed E-state index contributed by atoms with van der Waals surface area (Å²) in [7, 11) is 0. The van der Waals surface area contributed by atoms with Crippen LogP contribution in [0.1, 0.15) is 47.5 Å². The number of allylic oxidation sites excluding steroid dienone is 4. The lowest BCUT2D eigenvalue weighted by Crippen LogP contribution is -1.94. The van der Waals surface area contributed by atoms with Crippen LogP contribution in [-0.2, 0) is 0 Å². The molecule has 70 valence electrons. The molecule has 1 unspecified atom stereocenters. The maximum atomic E-state index is 2.36. The average Bonchev–Trinajstić information content (AvgIpc) is 2.11. The molecule has 0 nitrogen and oxygen atoms in total. The van der Waals surface area contributed by atoms with Crippen molar-refractivity contribution in [3.63, 3.8) is 0 Å². The van der Waals surface area contributed by atoms with Crippen LogP contribution in [0.2, 0.25) is 0 Å².